The number of amides is 2. The van der Waals surface area contributed by atoms with Gasteiger partial charge in [0.25, 0.3) is 0 Å². The van der Waals surface area contributed by atoms with E-state index in [4.69, 9.17) is 5.11 Å². The number of carbonyl (C=O) groups is 2. The van der Waals surface area contributed by atoms with Crippen molar-refractivity contribution in [3.63, 3.8) is 0 Å². The Kier molecular flexibility index (Phi) is 4.18. The monoisotopic (exact) mass is 244 g/mol. The molecule has 0 aromatic carbocycles. The topological polar surface area (TPSA) is 104 Å². The molecular weight excluding hydrogens is 232 g/mol. The van der Waals surface area contributed by atoms with Crippen molar-refractivity contribution in [2.75, 3.05) is 5.32 Å². The van der Waals surface area contributed by atoms with Crippen LogP contribution in [0.4, 0.5) is 9.80 Å². The van der Waals surface area contributed by atoms with Gasteiger partial charge in [-0.25, -0.2) is 4.79 Å². The lowest BCUT2D eigenvalue weighted by molar-refractivity contribution is -0.141. The highest BCUT2D eigenvalue weighted by Gasteiger charge is 2.20. The maximum atomic E-state index is 11.4. The van der Waals surface area contributed by atoms with E-state index >= 15 is 0 Å². The van der Waals surface area contributed by atoms with Gasteiger partial charge in [0.05, 0.1) is 12.1 Å². The number of nitrogens with zero attached hydrogens (tertiary/aromatic N) is 2. The minimum Gasteiger partial charge on any atom is -0.481 e. The lowest BCUT2D eigenvalue weighted by Gasteiger charge is -2.17. The summed E-state index contributed by atoms with van der Waals surface area (Å²) in [6, 6.07) is -0.926. The number of aliphatic carboxylic acids is 1. The zero-order valence-corrected chi connectivity index (χ0v) is 9.61. The Morgan fingerprint density at radius 3 is 2.69 bits per heavy atom. The highest BCUT2D eigenvalue weighted by molar-refractivity contribution is 7.10. The van der Waals surface area contributed by atoms with E-state index in [1.807, 2.05) is 0 Å². The molecule has 0 bridgehead atoms. The van der Waals surface area contributed by atoms with Crippen LogP contribution in [0.1, 0.15) is 13.8 Å². The summed E-state index contributed by atoms with van der Waals surface area (Å²) in [4.78, 5) is 22.0. The molecule has 0 saturated carbocycles. The summed E-state index contributed by atoms with van der Waals surface area (Å²) in [6.45, 7) is 3.16. The quantitative estimate of drug-likeness (QED) is 0.725. The van der Waals surface area contributed by atoms with E-state index in [1.54, 1.807) is 6.92 Å². The molecule has 8 heteroatoms. The van der Waals surface area contributed by atoms with Crippen molar-refractivity contribution < 1.29 is 14.7 Å². The summed E-state index contributed by atoms with van der Waals surface area (Å²) in [5.41, 5.74) is 0. The molecule has 16 heavy (non-hydrogen) atoms. The highest BCUT2D eigenvalue weighted by atomic mass is 32.1. The molecule has 1 aromatic rings. The second kappa shape index (κ2) is 5.40. The number of hydrogen-bond acceptors (Lipinski definition) is 5. The number of aromatic nitrogens is 2. The number of hydrogen-bond donors (Lipinski definition) is 3. The van der Waals surface area contributed by atoms with Gasteiger partial charge >= 0.3 is 12.0 Å². The average Bonchev–Trinajstić information content (AvgIpc) is 2.68. The van der Waals surface area contributed by atoms with E-state index in [-0.39, 0.29) is 0 Å². The van der Waals surface area contributed by atoms with Gasteiger partial charge in [-0.2, -0.15) is 0 Å². The molecule has 1 rings (SSSR count). The van der Waals surface area contributed by atoms with Gasteiger partial charge in [-0.05, 0) is 13.8 Å². The fraction of sp³-hybridized carbons (Fsp3) is 0.500. The Morgan fingerprint density at radius 2 is 2.19 bits per heavy atom. The third-order valence-electron chi connectivity index (χ3n) is 2.10. The van der Waals surface area contributed by atoms with Crippen LogP contribution in [0.3, 0.4) is 0 Å². The lowest BCUT2D eigenvalue weighted by Crippen LogP contribution is -2.42. The molecular formula is C8H12N4O3S. The molecule has 1 aromatic heterocycles. The predicted octanol–water partition coefficient (Wildman–Crippen LogP) is 0.769. The first-order valence-electron chi connectivity index (χ1n) is 4.58. The molecule has 88 valence electrons. The van der Waals surface area contributed by atoms with Crippen molar-refractivity contribution in [2.24, 2.45) is 5.92 Å². The van der Waals surface area contributed by atoms with Crippen LogP contribution in [0.2, 0.25) is 0 Å². The van der Waals surface area contributed by atoms with Crippen molar-refractivity contribution in [3.05, 3.63) is 6.20 Å². The van der Waals surface area contributed by atoms with Gasteiger partial charge in [0, 0.05) is 17.6 Å². The van der Waals surface area contributed by atoms with Gasteiger partial charge < -0.3 is 10.4 Å². The Bertz CT molecular complexity index is 367. The molecule has 1 heterocycles. The van der Waals surface area contributed by atoms with Crippen LogP contribution < -0.4 is 10.6 Å². The Morgan fingerprint density at radius 1 is 1.50 bits per heavy atom. The molecule has 0 aliphatic carbocycles. The number of carboxylic acid groups (broad SMARTS) is 1. The molecule has 7 nitrogen and oxygen atoms in total. The van der Waals surface area contributed by atoms with E-state index in [0.717, 1.165) is 11.5 Å². The molecule has 2 atom stereocenters. The van der Waals surface area contributed by atoms with E-state index < -0.39 is 24.0 Å². The van der Waals surface area contributed by atoms with E-state index in [9.17, 15) is 9.59 Å². The highest BCUT2D eigenvalue weighted by Crippen LogP contribution is 2.09. The normalized spacial score (nSPS) is 13.9. The summed E-state index contributed by atoms with van der Waals surface area (Å²) in [7, 11) is 0. The van der Waals surface area contributed by atoms with Crippen molar-refractivity contribution in [1.82, 2.24) is 14.9 Å². The molecule has 0 fully saturated rings. The summed E-state index contributed by atoms with van der Waals surface area (Å²) >= 11 is 1.04. The van der Waals surface area contributed by atoms with Crippen LogP contribution in [0.25, 0.3) is 0 Å². The maximum Gasteiger partial charge on any atom is 0.320 e. The number of anilines is 1. The van der Waals surface area contributed by atoms with Crippen LogP contribution in [-0.2, 0) is 4.79 Å². The Labute approximate surface area is 96.0 Å². The van der Waals surface area contributed by atoms with Gasteiger partial charge in [-0.15, -0.1) is 5.10 Å². The molecule has 0 saturated heterocycles. The minimum atomic E-state index is -0.952. The fourth-order valence-electron chi connectivity index (χ4n) is 0.916. The largest absolute Gasteiger partial charge is 0.481 e. The summed E-state index contributed by atoms with van der Waals surface area (Å²) < 4.78 is 3.57. The fourth-order valence-corrected chi connectivity index (χ4v) is 1.33. The number of rotatable bonds is 4. The first kappa shape index (κ1) is 12.4. The minimum absolute atomic E-state index is 0.460. The standard InChI is InChI=1S/C8H12N4O3S/c1-4(7(13)14)5(2)10-8(15)11-6-3-9-12-16-6/h3-5H,1-2H3,(H,13,14)(H2,10,11,15). The van der Waals surface area contributed by atoms with E-state index in [0.29, 0.717) is 5.00 Å². The molecule has 2 unspecified atom stereocenters. The lowest BCUT2D eigenvalue weighted by atomic mass is 10.0. The Balaban J connectivity index is 2.42. The van der Waals surface area contributed by atoms with E-state index in [2.05, 4.69) is 20.2 Å². The SMILES string of the molecule is CC(NC(=O)Nc1cnns1)C(C)C(=O)O. The number of nitrogens with one attached hydrogen (secondary N) is 2. The van der Waals surface area contributed by atoms with Gasteiger partial charge in [0.2, 0.25) is 0 Å². The van der Waals surface area contributed by atoms with Gasteiger partial charge in [-0.3, -0.25) is 10.1 Å². The number of carboxylic acids is 1. The Hall–Kier alpha value is -1.70. The van der Waals surface area contributed by atoms with Crippen molar-refractivity contribution >= 4 is 28.5 Å². The van der Waals surface area contributed by atoms with Crippen LogP contribution >= 0.6 is 11.5 Å². The van der Waals surface area contributed by atoms with Crippen molar-refractivity contribution in [3.8, 4) is 0 Å². The second-order valence-electron chi connectivity index (χ2n) is 3.30. The third-order valence-corrected chi connectivity index (χ3v) is 2.68. The van der Waals surface area contributed by atoms with Gasteiger partial charge in [0.15, 0.2) is 0 Å². The van der Waals surface area contributed by atoms with Crippen LogP contribution in [0.5, 0.6) is 0 Å². The van der Waals surface area contributed by atoms with Gasteiger partial charge in [-0.1, -0.05) is 4.49 Å². The predicted molar refractivity (Wildman–Crippen MR) is 58.3 cm³/mol. The summed E-state index contributed by atoms with van der Waals surface area (Å²) in [5, 5.41) is 17.8. The molecule has 0 spiro atoms. The van der Waals surface area contributed by atoms with Crippen LogP contribution in [-0.4, -0.2) is 32.7 Å². The maximum absolute atomic E-state index is 11.4. The molecule has 0 radical (unpaired) electrons. The number of urea groups is 1. The van der Waals surface area contributed by atoms with Crippen LogP contribution in [0, 0.1) is 5.92 Å². The zero-order valence-electron chi connectivity index (χ0n) is 8.80. The molecule has 2 amide bonds. The molecule has 0 aliphatic heterocycles. The number of carbonyl (C=O) groups excluding carboxylic acids is 1. The molecule has 3 N–H and O–H groups in total. The summed E-state index contributed by atoms with van der Waals surface area (Å²) in [6.07, 6.45) is 1.41. The van der Waals surface area contributed by atoms with E-state index in [1.165, 1.54) is 13.1 Å². The third kappa shape index (κ3) is 3.46. The first-order valence-corrected chi connectivity index (χ1v) is 5.35. The average molecular weight is 244 g/mol. The zero-order chi connectivity index (χ0) is 12.1. The van der Waals surface area contributed by atoms with Crippen LogP contribution in [0.15, 0.2) is 6.20 Å². The summed E-state index contributed by atoms with van der Waals surface area (Å²) in [5.74, 6) is -1.60. The molecule has 0 aliphatic rings. The first-order chi connectivity index (χ1) is 7.50. The van der Waals surface area contributed by atoms with Crippen molar-refractivity contribution in [1.29, 1.82) is 0 Å². The van der Waals surface area contributed by atoms with Gasteiger partial charge in [0.1, 0.15) is 5.00 Å². The smallest absolute Gasteiger partial charge is 0.320 e. The second-order valence-corrected chi connectivity index (χ2v) is 4.08. The van der Waals surface area contributed by atoms with Crippen molar-refractivity contribution in [2.45, 2.75) is 19.9 Å².